The Morgan fingerprint density at radius 3 is 2.75 bits per heavy atom. The van der Waals surface area contributed by atoms with E-state index in [-0.39, 0.29) is 18.1 Å². The molecule has 1 fully saturated rings. The Bertz CT molecular complexity index is 962. The highest BCUT2D eigenvalue weighted by Gasteiger charge is 2.33. The molecule has 146 valence electrons. The smallest absolute Gasteiger partial charge is 0.323 e. The zero-order chi connectivity index (χ0) is 19.7. The van der Waals surface area contributed by atoms with E-state index in [0.717, 1.165) is 24.1 Å². The first kappa shape index (κ1) is 18.2. The molecule has 1 aliphatic heterocycles. The third-order valence-corrected chi connectivity index (χ3v) is 4.88. The maximum atomic E-state index is 13.0. The molecule has 2 aromatic heterocycles. The monoisotopic (exact) mass is 380 g/mol. The molecule has 1 N–H and O–H groups in total. The molecule has 1 aromatic carbocycles. The van der Waals surface area contributed by atoms with Crippen LogP contribution < -0.4 is 5.32 Å². The number of aryl methyl sites for hydroxylation is 1. The third-order valence-electron chi connectivity index (χ3n) is 4.88. The van der Waals surface area contributed by atoms with Gasteiger partial charge in [-0.3, -0.25) is 5.32 Å². The second-order valence-electron chi connectivity index (χ2n) is 7.27. The van der Waals surface area contributed by atoms with Gasteiger partial charge in [0.25, 0.3) is 0 Å². The first-order valence-electron chi connectivity index (χ1n) is 9.55. The van der Waals surface area contributed by atoms with Crippen LogP contribution >= 0.6 is 0 Å². The number of carbonyl (C=O) groups is 1. The van der Waals surface area contributed by atoms with E-state index < -0.39 is 0 Å². The van der Waals surface area contributed by atoms with E-state index in [0.29, 0.717) is 24.1 Å². The molecule has 0 bridgehead atoms. The molecule has 0 aliphatic carbocycles. The molecule has 1 unspecified atom stereocenters. The molecule has 1 aliphatic rings. The van der Waals surface area contributed by atoms with Crippen LogP contribution in [0.25, 0.3) is 11.3 Å². The lowest BCUT2D eigenvalue weighted by Crippen LogP contribution is -2.35. The third kappa shape index (κ3) is 3.49. The van der Waals surface area contributed by atoms with Crippen LogP contribution in [0.3, 0.4) is 0 Å². The summed E-state index contributed by atoms with van der Waals surface area (Å²) in [6, 6.07) is 11.6. The summed E-state index contributed by atoms with van der Waals surface area (Å²) >= 11 is 0. The molecule has 0 saturated carbocycles. The van der Waals surface area contributed by atoms with Crippen molar-refractivity contribution in [3.05, 3.63) is 48.1 Å². The number of amides is 2. The predicted molar refractivity (Wildman–Crippen MR) is 105 cm³/mol. The number of hydrogen-bond donors (Lipinski definition) is 1. The number of likely N-dealkylation sites (tertiary alicyclic amines) is 1. The molecule has 1 saturated heterocycles. The van der Waals surface area contributed by atoms with Crippen molar-refractivity contribution in [1.82, 2.24) is 24.8 Å². The van der Waals surface area contributed by atoms with Gasteiger partial charge in [0, 0.05) is 31.1 Å². The van der Waals surface area contributed by atoms with Crippen LogP contribution in [0.5, 0.6) is 0 Å². The largest absolute Gasteiger partial charge is 0.340 e. The highest BCUT2D eigenvalue weighted by atomic mass is 16.5. The minimum Gasteiger partial charge on any atom is -0.340 e. The van der Waals surface area contributed by atoms with Crippen LogP contribution in [-0.4, -0.2) is 37.4 Å². The van der Waals surface area contributed by atoms with Gasteiger partial charge in [0.1, 0.15) is 5.82 Å². The fourth-order valence-corrected chi connectivity index (χ4v) is 3.54. The minimum atomic E-state index is -0.175. The fourth-order valence-electron chi connectivity index (χ4n) is 3.54. The van der Waals surface area contributed by atoms with Gasteiger partial charge in [0.2, 0.25) is 5.89 Å². The van der Waals surface area contributed by atoms with Gasteiger partial charge in [0.15, 0.2) is 5.82 Å². The van der Waals surface area contributed by atoms with Crippen LogP contribution in [0.4, 0.5) is 10.6 Å². The molecule has 0 radical (unpaired) electrons. The van der Waals surface area contributed by atoms with Crippen molar-refractivity contribution in [2.45, 2.75) is 45.7 Å². The number of urea groups is 1. The van der Waals surface area contributed by atoms with Crippen LogP contribution in [-0.2, 0) is 0 Å². The van der Waals surface area contributed by atoms with Gasteiger partial charge in [-0.15, -0.1) is 0 Å². The predicted octanol–water partition coefficient (Wildman–Crippen LogP) is 4.19. The molecule has 1 atom stereocenters. The highest BCUT2D eigenvalue weighted by Crippen LogP contribution is 2.31. The number of aromatic nitrogens is 4. The highest BCUT2D eigenvalue weighted by molar-refractivity contribution is 5.89. The first-order chi connectivity index (χ1) is 13.5. The second-order valence-corrected chi connectivity index (χ2v) is 7.27. The summed E-state index contributed by atoms with van der Waals surface area (Å²) < 4.78 is 6.93. The zero-order valence-electron chi connectivity index (χ0n) is 16.3. The van der Waals surface area contributed by atoms with Crippen molar-refractivity contribution in [2.75, 3.05) is 11.9 Å². The van der Waals surface area contributed by atoms with Crippen molar-refractivity contribution >= 4 is 11.8 Å². The van der Waals surface area contributed by atoms with Gasteiger partial charge < -0.3 is 9.42 Å². The maximum absolute atomic E-state index is 13.0. The number of benzene rings is 1. The molecule has 3 aromatic rings. The summed E-state index contributed by atoms with van der Waals surface area (Å²) in [5, 5.41) is 11.7. The lowest BCUT2D eigenvalue weighted by molar-refractivity contribution is 0.203. The average molecular weight is 380 g/mol. The quantitative estimate of drug-likeness (QED) is 0.733. The summed E-state index contributed by atoms with van der Waals surface area (Å²) in [7, 11) is 0. The number of nitrogens with zero attached hydrogens (tertiary/aromatic N) is 5. The zero-order valence-corrected chi connectivity index (χ0v) is 16.3. The normalized spacial score (nSPS) is 16.7. The van der Waals surface area contributed by atoms with Crippen LogP contribution in [0.1, 0.15) is 50.5 Å². The molecule has 0 spiro atoms. The van der Waals surface area contributed by atoms with Crippen molar-refractivity contribution in [1.29, 1.82) is 0 Å². The molecular weight excluding hydrogens is 356 g/mol. The lowest BCUT2D eigenvalue weighted by Gasteiger charge is -2.23. The molecule has 8 nitrogen and oxygen atoms in total. The van der Waals surface area contributed by atoms with Crippen molar-refractivity contribution in [2.24, 2.45) is 0 Å². The second kappa shape index (κ2) is 7.46. The standard InChI is InChI=1S/C20H24N6O2/c1-13(2)26-18(12-16(23-26)15-8-5-4-6-9-15)22-20(27)25-11-7-10-17(25)19-21-14(3)28-24-19/h4-6,8-9,12-13,17H,7,10-11H2,1-3H3,(H,22,27). The Kier molecular flexibility index (Phi) is 4.85. The number of anilines is 1. The first-order valence-corrected chi connectivity index (χ1v) is 9.55. The van der Waals surface area contributed by atoms with E-state index in [2.05, 4.69) is 20.6 Å². The fraction of sp³-hybridized carbons (Fsp3) is 0.400. The summed E-state index contributed by atoms with van der Waals surface area (Å²) in [6.07, 6.45) is 1.73. The average Bonchev–Trinajstić information content (AvgIpc) is 3.41. The molecule has 4 rings (SSSR count). The Labute approximate surface area is 163 Å². The van der Waals surface area contributed by atoms with Gasteiger partial charge in [-0.05, 0) is 26.7 Å². The summed E-state index contributed by atoms with van der Waals surface area (Å²) in [5.74, 6) is 1.74. The minimum absolute atomic E-state index is 0.113. The van der Waals surface area contributed by atoms with Gasteiger partial charge >= 0.3 is 6.03 Å². The van der Waals surface area contributed by atoms with Gasteiger partial charge in [-0.2, -0.15) is 10.1 Å². The summed E-state index contributed by atoms with van der Waals surface area (Å²) in [6.45, 7) is 6.49. The summed E-state index contributed by atoms with van der Waals surface area (Å²) in [4.78, 5) is 19.1. The Hall–Kier alpha value is -3.16. The number of hydrogen-bond acceptors (Lipinski definition) is 5. The topological polar surface area (TPSA) is 89.1 Å². The van der Waals surface area contributed by atoms with Gasteiger partial charge in [0.05, 0.1) is 11.7 Å². The maximum Gasteiger partial charge on any atom is 0.323 e. The number of rotatable bonds is 4. The van der Waals surface area contributed by atoms with E-state index in [1.165, 1.54) is 0 Å². The van der Waals surface area contributed by atoms with Crippen LogP contribution in [0, 0.1) is 6.92 Å². The number of nitrogens with one attached hydrogen (secondary N) is 1. The van der Waals surface area contributed by atoms with E-state index in [1.807, 2.05) is 54.9 Å². The number of carbonyl (C=O) groups excluding carboxylic acids is 1. The van der Waals surface area contributed by atoms with Crippen molar-refractivity contribution < 1.29 is 9.32 Å². The van der Waals surface area contributed by atoms with E-state index in [9.17, 15) is 4.79 Å². The van der Waals surface area contributed by atoms with E-state index in [4.69, 9.17) is 4.52 Å². The van der Waals surface area contributed by atoms with E-state index in [1.54, 1.807) is 11.8 Å². The van der Waals surface area contributed by atoms with E-state index >= 15 is 0 Å². The lowest BCUT2D eigenvalue weighted by atomic mass is 10.2. The molecule has 3 heterocycles. The molecule has 28 heavy (non-hydrogen) atoms. The van der Waals surface area contributed by atoms with Crippen molar-refractivity contribution in [3.8, 4) is 11.3 Å². The molecule has 8 heteroatoms. The SMILES string of the molecule is Cc1nc(C2CCCN2C(=O)Nc2cc(-c3ccccc3)nn2C(C)C)no1. The van der Waals surface area contributed by atoms with Gasteiger partial charge in [-0.1, -0.05) is 35.5 Å². The Balaban J connectivity index is 1.58. The van der Waals surface area contributed by atoms with Crippen molar-refractivity contribution in [3.63, 3.8) is 0 Å². The Morgan fingerprint density at radius 1 is 1.29 bits per heavy atom. The summed E-state index contributed by atoms with van der Waals surface area (Å²) in [5.41, 5.74) is 1.84. The van der Waals surface area contributed by atoms with Crippen LogP contribution in [0.15, 0.2) is 40.9 Å². The van der Waals surface area contributed by atoms with Gasteiger partial charge in [-0.25, -0.2) is 9.48 Å². The molecule has 2 amide bonds. The van der Waals surface area contributed by atoms with Crippen LogP contribution in [0.2, 0.25) is 0 Å². The Morgan fingerprint density at radius 2 is 2.07 bits per heavy atom. The molecular formula is C20H24N6O2.